The summed E-state index contributed by atoms with van der Waals surface area (Å²) >= 11 is 0. The van der Waals surface area contributed by atoms with Gasteiger partial charge in [0.2, 0.25) is 0 Å². The average molecular weight is 250 g/mol. The predicted octanol–water partition coefficient (Wildman–Crippen LogP) is 3.19. The Morgan fingerprint density at radius 1 is 1.33 bits per heavy atom. The van der Waals surface area contributed by atoms with Gasteiger partial charge in [0.25, 0.3) is 0 Å². The van der Waals surface area contributed by atoms with Crippen LogP contribution in [0.5, 0.6) is 0 Å². The summed E-state index contributed by atoms with van der Waals surface area (Å²) in [6, 6.07) is 2.43. The standard InChI is InChI=1S/C16H30N2/c1-5-17-16(9-6-12(2)3)13-10-14-7-8-15(11-13)18(14)4/h13-17H,2,5-11H2,1,3-4H3. The summed E-state index contributed by atoms with van der Waals surface area (Å²) in [5.74, 6) is 0.887. The molecule has 2 aliphatic heterocycles. The highest BCUT2D eigenvalue weighted by molar-refractivity contribution is 4.98. The fraction of sp³-hybridized carbons (Fsp3) is 0.875. The summed E-state index contributed by atoms with van der Waals surface area (Å²) in [5.41, 5.74) is 1.33. The lowest BCUT2D eigenvalue weighted by Gasteiger charge is -2.40. The molecule has 3 unspecified atom stereocenters. The van der Waals surface area contributed by atoms with Gasteiger partial charge in [-0.15, -0.1) is 6.58 Å². The molecule has 0 saturated carbocycles. The Bertz CT molecular complexity index is 273. The molecule has 0 aromatic rings. The lowest BCUT2D eigenvalue weighted by atomic mass is 9.83. The number of fused-ring (bicyclic) bond motifs is 2. The minimum absolute atomic E-state index is 0.712. The Hall–Kier alpha value is -0.340. The second kappa shape index (κ2) is 6.21. The van der Waals surface area contributed by atoms with Gasteiger partial charge in [-0.1, -0.05) is 12.5 Å². The van der Waals surface area contributed by atoms with Crippen LogP contribution in [-0.4, -0.2) is 36.6 Å². The van der Waals surface area contributed by atoms with Crippen LogP contribution >= 0.6 is 0 Å². The molecule has 3 atom stereocenters. The van der Waals surface area contributed by atoms with Crippen molar-refractivity contribution in [3.8, 4) is 0 Å². The highest BCUT2D eigenvalue weighted by Gasteiger charge is 2.40. The van der Waals surface area contributed by atoms with Gasteiger partial charge in [0.05, 0.1) is 0 Å². The van der Waals surface area contributed by atoms with Crippen LogP contribution in [0.1, 0.15) is 52.4 Å². The maximum Gasteiger partial charge on any atom is 0.00994 e. The first-order chi connectivity index (χ1) is 8.61. The fourth-order valence-electron chi connectivity index (χ4n) is 3.95. The minimum Gasteiger partial charge on any atom is -0.314 e. The molecule has 2 saturated heterocycles. The maximum atomic E-state index is 4.05. The van der Waals surface area contributed by atoms with Crippen LogP contribution < -0.4 is 5.32 Å². The highest BCUT2D eigenvalue weighted by atomic mass is 15.2. The predicted molar refractivity (Wildman–Crippen MR) is 78.8 cm³/mol. The van der Waals surface area contributed by atoms with Crippen LogP contribution in [0, 0.1) is 5.92 Å². The van der Waals surface area contributed by atoms with Crippen LogP contribution in [0.15, 0.2) is 12.2 Å². The van der Waals surface area contributed by atoms with Crippen molar-refractivity contribution in [2.75, 3.05) is 13.6 Å². The van der Waals surface area contributed by atoms with Crippen LogP contribution in [0.4, 0.5) is 0 Å². The Kier molecular flexibility index (Phi) is 4.85. The van der Waals surface area contributed by atoms with Gasteiger partial charge >= 0.3 is 0 Å². The van der Waals surface area contributed by atoms with Crippen molar-refractivity contribution in [2.45, 2.75) is 70.5 Å². The molecular formula is C16H30N2. The third-order valence-electron chi connectivity index (χ3n) is 5.05. The highest BCUT2D eigenvalue weighted by Crippen LogP contribution is 2.39. The smallest absolute Gasteiger partial charge is 0.00994 e. The summed E-state index contributed by atoms with van der Waals surface area (Å²) in [5, 5.41) is 3.73. The van der Waals surface area contributed by atoms with Gasteiger partial charge < -0.3 is 10.2 Å². The summed E-state index contributed by atoms with van der Waals surface area (Å²) in [7, 11) is 2.33. The van der Waals surface area contributed by atoms with Crippen molar-refractivity contribution in [1.82, 2.24) is 10.2 Å². The number of hydrogen-bond donors (Lipinski definition) is 1. The number of piperidine rings is 1. The van der Waals surface area contributed by atoms with Crippen molar-refractivity contribution in [2.24, 2.45) is 5.92 Å². The van der Waals surface area contributed by atoms with E-state index in [1.54, 1.807) is 0 Å². The van der Waals surface area contributed by atoms with Gasteiger partial charge in [-0.3, -0.25) is 0 Å². The molecule has 2 nitrogen and oxygen atoms in total. The van der Waals surface area contributed by atoms with Crippen molar-refractivity contribution in [3.05, 3.63) is 12.2 Å². The quantitative estimate of drug-likeness (QED) is 0.728. The van der Waals surface area contributed by atoms with Crippen LogP contribution in [0.25, 0.3) is 0 Å². The van der Waals surface area contributed by atoms with E-state index in [1.165, 1.54) is 44.1 Å². The number of rotatable bonds is 6. The van der Waals surface area contributed by atoms with E-state index in [0.29, 0.717) is 6.04 Å². The molecule has 2 heteroatoms. The molecule has 0 radical (unpaired) electrons. The Morgan fingerprint density at radius 3 is 2.44 bits per heavy atom. The lowest BCUT2D eigenvalue weighted by molar-refractivity contribution is 0.110. The molecule has 0 spiro atoms. The van der Waals surface area contributed by atoms with E-state index in [9.17, 15) is 0 Å². The summed E-state index contributed by atoms with van der Waals surface area (Å²) in [6.07, 6.45) is 8.12. The van der Waals surface area contributed by atoms with Crippen molar-refractivity contribution < 1.29 is 0 Å². The molecule has 18 heavy (non-hydrogen) atoms. The molecule has 0 aromatic heterocycles. The first-order valence-electron chi connectivity index (χ1n) is 7.71. The molecule has 2 heterocycles. The number of nitrogens with one attached hydrogen (secondary N) is 1. The molecular weight excluding hydrogens is 220 g/mol. The van der Waals surface area contributed by atoms with Crippen molar-refractivity contribution >= 4 is 0 Å². The molecule has 0 aliphatic carbocycles. The van der Waals surface area contributed by atoms with Crippen LogP contribution in [-0.2, 0) is 0 Å². The summed E-state index contributed by atoms with van der Waals surface area (Å²) in [6.45, 7) is 9.54. The monoisotopic (exact) mass is 250 g/mol. The maximum absolute atomic E-state index is 4.05. The van der Waals surface area contributed by atoms with Gasteiger partial charge in [0.1, 0.15) is 0 Å². The summed E-state index contributed by atoms with van der Waals surface area (Å²) in [4.78, 5) is 2.64. The zero-order chi connectivity index (χ0) is 13.1. The Morgan fingerprint density at radius 2 is 1.94 bits per heavy atom. The van der Waals surface area contributed by atoms with Gasteiger partial charge in [-0.2, -0.15) is 0 Å². The van der Waals surface area contributed by atoms with Crippen LogP contribution in [0.2, 0.25) is 0 Å². The molecule has 2 aliphatic rings. The number of allylic oxidation sites excluding steroid dienone is 1. The van der Waals surface area contributed by atoms with Crippen molar-refractivity contribution in [1.29, 1.82) is 0 Å². The van der Waals surface area contributed by atoms with Crippen molar-refractivity contribution in [3.63, 3.8) is 0 Å². The first kappa shape index (κ1) is 14.1. The lowest BCUT2D eigenvalue weighted by Crippen LogP contribution is -2.47. The summed E-state index contributed by atoms with van der Waals surface area (Å²) < 4.78 is 0. The minimum atomic E-state index is 0.712. The largest absolute Gasteiger partial charge is 0.314 e. The molecule has 0 amide bonds. The average Bonchev–Trinajstić information content (AvgIpc) is 2.56. The SMILES string of the molecule is C=C(C)CCC(NCC)C1CC2CCC(C1)N2C. The van der Waals surface area contributed by atoms with Gasteiger partial charge in [-0.25, -0.2) is 0 Å². The molecule has 2 bridgehead atoms. The van der Waals surface area contributed by atoms with Gasteiger partial charge in [0, 0.05) is 18.1 Å². The van der Waals surface area contributed by atoms with E-state index in [0.717, 1.165) is 24.5 Å². The molecule has 104 valence electrons. The van der Waals surface area contributed by atoms with E-state index in [-0.39, 0.29) is 0 Å². The Balaban J connectivity index is 1.92. The molecule has 0 aromatic carbocycles. The topological polar surface area (TPSA) is 15.3 Å². The number of hydrogen-bond acceptors (Lipinski definition) is 2. The first-order valence-corrected chi connectivity index (χ1v) is 7.71. The zero-order valence-corrected chi connectivity index (χ0v) is 12.4. The normalized spacial score (nSPS) is 33.6. The molecule has 1 N–H and O–H groups in total. The van der Waals surface area contributed by atoms with E-state index >= 15 is 0 Å². The fourth-order valence-corrected chi connectivity index (χ4v) is 3.95. The second-order valence-electron chi connectivity index (χ2n) is 6.44. The number of nitrogens with zero attached hydrogens (tertiary/aromatic N) is 1. The van der Waals surface area contributed by atoms with E-state index in [1.807, 2.05) is 0 Å². The Labute approximate surface area is 113 Å². The molecule has 2 fully saturated rings. The van der Waals surface area contributed by atoms with E-state index in [4.69, 9.17) is 0 Å². The second-order valence-corrected chi connectivity index (χ2v) is 6.44. The van der Waals surface area contributed by atoms with Gasteiger partial charge in [-0.05, 0) is 65.0 Å². The van der Waals surface area contributed by atoms with E-state index < -0.39 is 0 Å². The third kappa shape index (κ3) is 3.16. The zero-order valence-electron chi connectivity index (χ0n) is 12.4. The van der Waals surface area contributed by atoms with Crippen LogP contribution in [0.3, 0.4) is 0 Å². The van der Waals surface area contributed by atoms with E-state index in [2.05, 4.69) is 37.7 Å². The third-order valence-corrected chi connectivity index (χ3v) is 5.05. The van der Waals surface area contributed by atoms with Gasteiger partial charge in [0.15, 0.2) is 0 Å². The molecule has 2 rings (SSSR count).